The summed E-state index contributed by atoms with van der Waals surface area (Å²) in [6.07, 6.45) is 7.26. The maximum atomic E-state index is 11.8. The molecule has 0 aromatic heterocycles. The summed E-state index contributed by atoms with van der Waals surface area (Å²) in [6, 6.07) is 0. The molecular formula is C14H28N2O2. The van der Waals surface area contributed by atoms with Crippen molar-refractivity contribution in [2.24, 2.45) is 0 Å². The van der Waals surface area contributed by atoms with Gasteiger partial charge in [-0.3, -0.25) is 4.79 Å². The van der Waals surface area contributed by atoms with E-state index in [0.717, 1.165) is 25.9 Å². The van der Waals surface area contributed by atoms with Crippen LogP contribution in [0.25, 0.3) is 0 Å². The molecule has 1 rings (SSSR count). The lowest BCUT2D eigenvalue weighted by atomic mass is 10.1. The highest BCUT2D eigenvalue weighted by molar-refractivity contribution is 5.80. The van der Waals surface area contributed by atoms with Gasteiger partial charge >= 0.3 is 0 Å². The van der Waals surface area contributed by atoms with Gasteiger partial charge in [-0.1, -0.05) is 32.6 Å². The van der Waals surface area contributed by atoms with Gasteiger partial charge in [0, 0.05) is 13.1 Å². The minimum atomic E-state index is -0.324. The molecule has 1 fully saturated rings. The highest BCUT2D eigenvalue weighted by Crippen LogP contribution is 2.20. The number of nitrogens with one attached hydrogen (secondary N) is 2. The Morgan fingerprint density at radius 3 is 2.50 bits per heavy atom. The fraction of sp³-hybridized carbons (Fsp3) is 0.929. The van der Waals surface area contributed by atoms with Gasteiger partial charge in [-0.25, -0.2) is 0 Å². The lowest BCUT2D eigenvalue weighted by Crippen LogP contribution is -2.39. The van der Waals surface area contributed by atoms with E-state index in [0.29, 0.717) is 6.54 Å². The van der Waals surface area contributed by atoms with Crippen LogP contribution in [0, 0.1) is 0 Å². The normalized spacial score (nSPS) is 19.2. The van der Waals surface area contributed by atoms with E-state index in [2.05, 4.69) is 17.6 Å². The van der Waals surface area contributed by atoms with Crippen molar-refractivity contribution in [3.63, 3.8) is 0 Å². The average Bonchev–Trinajstić information content (AvgIpc) is 2.63. The maximum absolute atomic E-state index is 11.8. The van der Waals surface area contributed by atoms with Gasteiger partial charge in [-0.05, 0) is 26.3 Å². The first-order chi connectivity index (χ1) is 8.74. The van der Waals surface area contributed by atoms with Crippen molar-refractivity contribution in [2.45, 2.75) is 64.6 Å². The standard InChI is InChI=1S/C14H28N2O2/c1-3-15-10-11-16-14(17)12(2)18-13-8-6-4-5-7-9-13/h12-13,15H,3-11H2,1-2H3,(H,16,17). The lowest BCUT2D eigenvalue weighted by molar-refractivity contribution is -0.135. The lowest BCUT2D eigenvalue weighted by Gasteiger charge is -2.20. The van der Waals surface area contributed by atoms with Crippen molar-refractivity contribution >= 4 is 5.91 Å². The van der Waals surface area contributed by atoms with E-state index in [1.807, 2.05) is 6.92 Å². The zero-order valence-corrected chi connectivity index (χ0v) is 11.8. The molecule has 1 atom stereocenters. The quantitative estimate of drug-likeness (QED) is 0.540. The van der Waals surface area contributed by atoms with E-state index in [9.17, 15) is 4.79 Å². The molecule has 4 heteroatoms. The van der Waals surface area contributed by atoms with Crippen LogP contribution in [0.1, 0.15) is 52.4 Å². The molecule has 1 amide bonds. The Bertz CT molecular complexity index is 226. The van der Waals surface area contributed by atoms with E-state index in [-0.39, 0.29) is 18.1 Å². The fourth-order valence-corrected chi connectivity index (χ4v) is 2.32. The van der Waals surface area contributed by atoms with Crippen LogP contribution in [0.2, 0.25) is 0 Å². The predicted octanol–water partition coefficient (Wildman–Crippen LogP) is 1.84. The van der Waals surface area contributed by atoms with E-state index < -0.39 is 0 Å². The van der Waals surface area contributed by atoms with Crippen LogP contribution in [0.4, 0.5) is 0 Å². The first kappa shape index (κ1) is 15.4. The van der Waals surface area contributed by atoms with Crippen molar-refractivity contribution in [1.82, 2.24) is 10.6 Å². The Hall–Kier alpha value is -0.610. The molecule has 0 bridgehead atoms. The summed E-state index contributed by atoms with van der Waals surface area (Å²) in [6.45, 7) is 6.33. The minimum absolute atomic E-state index is 0.0112. The van der Waals surface area contributed by atoms with Gasteiger partial charge in [0.1, 0.15) is 6.10 Å². The largest absolute Gasteiger partial charge is 0.365 e. The molecule has 18 heavy (non-hydrogen) atoms. The third-order valence-corrected chi connectivity index (χ3v) is 3.42. The highest BCUT2D eigenvalue weighted by atomic mass is 16.5. The number of rotatable bonds is 7. The van der Waals surface area contributed by atoms with E-state index in [1.54, 1.807) is 0 Å². The van der Waals surface area contributed by atoms with E-state index in [4.69, 9.17) is 4.74 Å². The first-order valence-corrected chi connectivity index (χ1v) is 7.38. The summed E-state index contributed by atoms with van der Waals surface area (Å²) in [5, 5.41) is 6.07. The van der Waals surface area contributed by atoms with Crippen LogP contribution < -0.4 is 10.6 Å². The Morgan fingerprint density at radius 1 is 1.22 bits per heavy atom. The van der Waals surface area contributed by atoms with Gasteiger partial charge in [0.05, 0.1) is 6.10 Å². The smallest absolute Gasteiger partial charge is 0.248 e. The highest BCUT2D eigenvalue weighted by Gasteiger charge is 2.19. The Kier molecular flexibility index (Phi) is 8.01. The van der Waals surface area contributed by atoms with Crippen molar-refractivity contribution < 1.29 is 9.53 Å². The van der Waals surface area contributed by atoms with Gasteiger partial charge in [0.2, 0.25) is 5.91 Å². The van der Waals surface area contributed by atoms with Crippen LogP contribution in [-0.2, 0) is 9.53 Å². The summed E-state index contributed by atoms with van der Waals surface area (Å²) >= 11 is 0. The Balaban J connectivity index is 2.17. The Morgan fingerprint density at radius 2 is 1.89 bits per heavy atom. The van der Waals surface area contributed by atoms with Crippen LogP contribution in [0.3, 0.4) is 0 Å². The third-order valence-electron chi connectivity index (χ3n) is 3.42. The summed E-state index contributed by atoms with van der Waals surface area (Å²) in [4.78, 5) is 11.8. The molecule has 1 aliphatic carbocycles. The first-order valence-electron chi connectivity index (χ1n) is 7.38. The molecule has 0 spiro atoms. The summed E-state index contributed by atoms with van der Waals surface area (Å²) in [7, 11) is 0. The predicted molar refractivity (Wildman–Crippen MR) is 73.6 cm³/mol. The molecule has 1 aliphatic rings. The second kappa shape index (κ2) is 9.34. The van der Waals surface area contributed by atoms with Gasteiger partial charge in [0.25, 0.3) is 0 Å². The second-order valence-corrected chi connectivity index (χ2v) is 5.04. The summed E-state index contributed by atoms with van der Waals surface area (Å²) in [5.74, 6) is 0.0112. The number of carbonyl (C=O) groups is 1. The van der Waals surface area contributed by atoms with Gasteiger partial charge in [0.15, 0.2) is 0 Å². The van der Waals surface area contributed by atoms with Gasteiger partial charge in [-0.2, -0.15) is 0 Å². The molecule has 1 saturated carbocycles. The monoisotopic (exact) mass is 256 g/mol. The minimum Gasteiger partial charge on any atom is -0.365 e. The molecule has 2 N–H and O–H groups in total. The maximum Gasteiger partial charge on any atom is 0.248 e. The molecule has 0 radical (unpaired) electrons. The summed E-state index contributed by atoms with van der Waals surface area (Å²) < 4.78 is 5.86. The number of amides is 1. The molecule has 0 aliphatic heterocycles. The molecule has 0 aromatic carbocycles. The topological polar surface area (TPSA) is 50.4 Å². The number of ether oxygens (including phenoxy) is 1. The van der Waals surface area contributed by atoms with E-state index >= 15 is 0 Å². The number of carbonyl (C=O) groups excluding carboxylic acids is 1. The van der Waals surface area contributed by atoms with Crippen LogP contribution >= 0.6 is 0 Å². The van der Waals surface area contributed by atoms with Crippen molar-refractivity contribution in [3.05, 3.63) is 0 Å². The molecule has 106 valence electrons. The molecule has 0 heterocycles. The van der Waals surface area contributed by atoms with Crippen LogP contribution in [-0.4, -0.2) is 37.7 Å². The molecule has 0 aromatic rings. The molecule has 1 unspecified atom stereocenters. The van der Waals surface area contributed by atoms with Crippen LogP contribution in [0.15, 0.2) is 0 Å². The average molecular weight is 256 g/mol. The zero-order valence-electron chi connectivity index (χ0n) is 11.8. The van der Waals surface area contributed by atoms with Gasteiger partial charge in [-0.15, -0.1) is 0 Å². The SMILES string of the molecule is CCNCCNC(=O)C(C)OC1CCCCCC1. The zero-order chi connectivity index (χ0) is 13.2. The molecular weight excluding hydrogens is 228 g/mol. The number of hydrogen-bond donors (Lipinski definition) is 2. The van der Waals surface area contributed by atoms with E-state index in [1.165, 1.54) is 25.7 Å². The second-order valence-electron chi connectivity index (χ2n) is 5.04. The van der Waals surface area contributed by atoms with Crippen LogP contribution in [0.5, 0.6) is 0 Å². The number of likely N-dealkylation sites (N-methyl/N-ethyl adjacent to an activating group) is 1. The van der Waals surface area contributed by atoms with Crippen molar-refractivity contribution in [1.29, 1.82) is 0 Å². The van der Waals surface area contributed by atoms with Crippen molar-refractivity contribution in [2.75, 3.05) is 19.6 Å². The fourth-order valence-electron chi connectivity index (χ4n) is 2.32. The molecule has 4 nitrogen and oxygen atoms in total. The third kappa shape index (κ3) is 6.36. The van der Waals surface area contributed by atoms with Gasteiger partial charge < -0.3 is 15.4 Å². The van der Waals surface area contributed by atoms with Crippen molar-refractivity contribution in [3.8, 4) is 0 Å². The summed E-state index contributed by atoms with van der Waals surface area (Å²) in [5.41, 5.74) is 0. The number of hydrogen-bond acceptors (Lipinski definition) is 3. The molecule has 0 saturated heterocycles. The Labute approximate surface area is 111 Å².